The van der Waals surface area contributed by atoms with Crippen molar-refractivity contribution >= 4 is 39.3 Å². The lowest BCUT2D eigenvalue weighted by Gasteiger charge is -2.11. The van der Waals surface area contributed by atoms with Crippen LogP contribution in [0.1, 0.15) is 5.69 Å². The standard InChI is InChI=1S/C13H13BrN4OS/c1-7-11-12(17(2)16-7)18(13(20)15-11)9-6-8(14)4-5-10(9)19-3/h4-6H,1-3H3,(H,15,20). The van der Waals surface area contributed by atoms with Crippen LogP contribution in [-0.2, 0) is 7.05 Å². The highest BCUT2D eigenvalue weighted by atomic mass is 79.9. The average Bonchev–Trinajstić information content (AvgIpc) is 2.88. The molecular weight excluding hydrogens is 340 g/mol. The van der Waals surface area contributed by atoms with Crippen LogP contribution >= 0.6 is 28.1 Å². The lowest BCUT2D eigenvalue weighted by Crippen LogP contribution is -2.02. The number of hydrogen-bond acceptors (Lipinski definition) is 3. The molecule has 0 spiro atoms. The van der Waals surface area contributed by atoms with Gasteiger partial charge in [-0.05, 0) is 37.3 Å². The number of halogens is 1. The minimum Gasteiger partial charge on any atom is -0.495 e. The number of nitrogens with zero attached hydrogens (tertiary/aromatic N) is 3. The molecule has 2 aromatic heterocycles. The summed E-state index contributed by atoms with van der Waals surface area (Å²) < 4.78 is 10.8. The molecular formula is C13H13BrN4OS. The Kier molecular flexibility index (Phi) is 3.18. The van der Waals surface area contributed by atoms with E-state index in [1.807, 2.05) is 41.4 Å². The molecule has 104 valence electrons. The number of ether oxygens (including phenoxy) is 1. The fourth-order valence-corrected chi connectivity index (χ4v) is 3.01. The van der Waals surface area contributed by atoms with Crippen molar-refractivity contribution in [1.29, 1.82) is 0 Å². The average molecular weight is 353 g/mol. The number of benzene rings is 1. The van der Waals surface area contributed by atoms with E-state index < -0.39 is 0 Å². The number of aromatic nitrogens is 4. The van der Waals surface area contributed by atoms with Crippen LogP contribution in [0.15, 0.2) is 22.7 Å². The smallest absolute Gasteiger partial charge is 0.184 e. The van der Waals surface area contributed by atoms with Crippen molar-refractivity contribution in [2.24, 2.45) is 7.05 Å². The molecule has 0 aliphatic carbocycles. The summed E-state index contributed by atoms with van der Waals surface area (Å²) in [5, 5.41) is 4.42. The van der Waals surface area contributed by atoms with Crippen LogP contribution in [0.5, 0.6) is 5.75 Å². The van der Waals surface area contributed by atoms with Crippen molar-refractivity contribution in [3.05, 3.63) is 33.1 Å². The van der Waals surface area contributed by atoms with Crippen LogP contribution in [0.4, 0.5) is 0 Å². The number of aryl methyl sites for hydroxylation is 2. The van der Waals surface area contributed by atoms with Gasteiger partial charge in [-0.15, -0.1) is 0 Å². The maximum absolute atomic E-state index is 5.45. The van der Waals surface area contributed by atoms with Gasteiger partial charge in [-0.1, -0.05) is 15.9 Å². The van der Waals surface area contributed by atoms with Gasteiger partial charge >= 0.3 is 0 Å². The molecule has 0 fully saturated rings. The van der Waals surface area contributed by atoms with Gasteiger partial charge in [0.25, 0.3) is 0 Å². The third-order valence-electron chi connectivity index (χ3n) is 3.22. The van der Waals surface area contributed by atoms with E-state index in [0.29, 0.717) is 4.77 Å². The summed E-state index contributed by atoms with van der Waals surface area (Å²) >= 11 is 8.94. The number of methoxy groups -OCH3 is 1. The Hall–Kier alpha value is -1.60. The van der Waals surface area contributed by atoms with Crippen molar-refractivity contribution in [3.63, 3.8) is 0 Å². The molecule has 5 nitrogen and oxygen atoms in total. The number of hydrogen-bond donors (Lipinski definition) is 1. The predicted molar refractivity (Wildman–Crippen MR) is 84.2 cm³/mol. The number of nitrogens with one attached hydrogen (secondary N) is 1. The van der Waals surface area contributed by atoms with Crippen molar-refractivity contribution in [3.8, 4) is 11.4 Å². The van der Waals surface area contributed by atoms with E-state index in [1.54, 1.807) is 7.11 Å². The van der Waals surface area contributed by atoms with Gasteiger partial charge in [0.1, 0.15) is 11.3 Å². The molecule has 3 rings (SSSR count). The normalized spacial score (nSPS) is 11.2. The Labute approximate surface area is 129 Å². The van der Waals surface area contributed by atoms with Gasteiger partial charge in [0.05, 0.1) is 18.5 Å². The van der Waals surface area contributed by atoms with Gasteiger partial charge in [-0.3, -0.25) is 4.57 Å². The summed E-state index contributed by atoms with van der Waals surface area (Å²) in [6, 6.07) is 5.82. The molecule has 2 heterocycles. The SMILES string of the molecule is COc1ccc(Br)cc1-n1c(=S)[nH]c2c(C)nn(C)c21. The topological polar surface area (TPSA) is 47.8 Å². The van der Waals surface area contributed by atoms with Crippen LogP contribution in [0, 0.1) is 11.7 Å². The molecule has 7 heteroatoms. The highest BCUT2D eigenvalue weighted by Crippen LogP contribution is 2.30. The monoisotopic (exact) mass is 352 g/mol. The van der Waals surface area contributed by atoms with Gasteiger partial charge < -0.3 is 9.72 Å². The van der Waals surface area contributed by atoms with E-state index in [2.05, 4.69) is 26.0 Å². The van der Waals surface area contributed by atoms with E-state index in [-0.39, 0.29) is 0 Å². The van der Waals surface area contributed by atoms with E-state index in [4.69, 9.17) is 17.0 Å². The van der Waals surface area contributed by atoms with Gasteiger partial charge in [-0.25, -0.2) is 4.68 Å². The van der Waals surface area contributed by atoms with Crippen LogP contribution in [0.2, 0.25) is 0 Å². The summed E-state index contributed by atoms with van der Waals surface area (Å²) in [6.45, 7) is 1.95. The Morgan fingerprint density at radius 1 is 1.40 bits per heavy atom. The molecule has 0 bridgehead atoms. The van der Waals surface area contributed by atoms with Crippen molar-refractivity contribution in [1.82, 2.24) is 19.3 Å². The van der Waals surface area contributed by atoms with Crippen molar-refractivity contribution in [2.75, 3.05) is 7.11 Å². The summed E-state index contributed by atoms with van der Waals surface area (Å²) in [4.78, 5) is 3.21. The number of H-pyrrole nitrogens is 1. The Morgan fingerprint density at radius 3 is 2.85 bits per heavy atom. The molecule has 0 radical (unpaired) electrons. The zero-order valence-corrected chi connectivity index (χ0v) is 13.7. The molecule has 0 amide bonds. The third-order valence-corrected chi connectivity index (χ3v) is 4.00. The quantitative estimate of drug-likeness (QED) is 0.718. The van der Waals surface area contributed by atoms with Gasteiger partial charge in [-0.2, -0.15) is 5.10 Å². The molecule has 0 aliphatic rings. The second-order valence-electron chi connectivity index (χ2n) is 4.49. The van der Waals surface area contributed by atoms with E-state index >= 15 is 0 Å². The third kappa shape index (κ3) is 1.89. The lowest BCUT2D eigenvalue weighted by molar-refractivity contribution is 0.413. The zero-order chi connectivity index (χ0) is 14.4. The molecule has 0 saturated heterocycles. The first kappa shape index (κ1) is 13.4. The predicted octanol–water partition coefficient (Wildman–Crippen LogP) is 3.50. The number of imidazole rings is 1. The maximum Gasteiger partial charge on any atom is 0.184 e. The highest BCUT2D eigenvalue weighted by molar-refractivity contribution is 9.10. The molecule has 1 aromatic carbocycles. The van der Waals surface area contributed by atoms with Crippen LogP contribution in [0.25, 0.3) is 16.9 Å². The fraction of sp³-hybridized carbons (Fsp3) is 0.231. The van der Waals surface area contributed by atoms with E-state index in [1.165, 1.54) is 0 Å². The second kappa shape index (κ2) is 4.75. The Balaban J connectivity index is 2.43. The minimum absolute atomic E-state index is 0.618. The van der Waals surface area contributed by atoms with E-state index in [0.717, 1.165) is 32.8 Å². The summed E-state index contributed by atoms with van der Waals surface area (Å²) in [5.41, 5.74) is 3.66. The maximum atomic E-state index is 5.45. The number of fused-ring (bicyclic) bond motifs is 1. The fourth-order valence-electron chi connectivity index (χ4n) is 2.37. The first-order valence-electron chi connectivity index (χ1n) is 6.01. The molecule has 3 aromatic rings. The second-order valence-corrected chi connectivity index (χ2v) is 5.79. The molecule has 20 heavy (non-hydrogen) atoms. The summed E-state index contributed by atoms with van der Waals surface area (Å²) in [7, 11) is 3.55. The molecule has 1 N–H and O–H groups in total. The first-order chi connectivity index (χ1) is 9.52. The molecule has 0 saturated carbocycles. The number of aromatic amines is 1. The Morgan fingerprint density at radius 2 is 2.15 bits per heavy atom. The highest BCUT2D eigenvalue weighted by Gasteiger charge is 2.16. The van der Waals surface area contributed by atoms with Crippen molar-refractivity contribution in [2.45, 2.75) is 6.92 Å². The van der Waals surface area contributed by atoms with Crippen LogP contribution < -0.4 is 4.74 Å². The van der Waals surface area contributed by atoms with Crippen LogP contribution in [0.3, 0.4) is 0 Å². The summed E-state index contributed by atoms with van der Waals surface area (Å²) in [6.07, 6.45) is 0. The summed E-state index contributed by atoms with van der Waals surface area (Å²) in [5.74, 6) is 0.754. The number of rotatable bonds is 2. The van der Waals surface area contributed by atoms with Gasteiger partial charge in [0, 0.05) is 11.5 Å². The van der Waals surface area contributed by atoms with Gasteiger partial charge in [0.15, 0.2) is 10.4 Å². The first-order valence-corrected chi connectivity index (χ1v) is 7.21. The van der Waals surface area contributed by atoms with E-state index in [9.17, 15) is 0 Å². The zero-order valence-electron chi connectivity index (χ0n) is 11.3. The van der Waals surface area contributed by atoms with Gasteiger partial charge in [0.2, 0.25) is 0 Å². The molecule has 0 unspecified atom stereocenters. The van der Waals surface area contributed by atoms with Crippen molar-refractivity contribution < 1.29 is 4.74 Å². The minimum atomic E-state index is 0.618. The largest absolute Gasteiger partial charge is 0.495 e. The Bertz CT molecular complexity index is 861. The van der Waals surface area contributed by atoms with Crippen LogP contribution in [-0.4, -0.2) is 26.4 Å². The molecule has 0 aliphatic heterocycles. The lowest BCUT2D eigenvalue weighted by atomic mass is 10.3. The molecule has 0 atom stereocenters.